The van der Waals surface area contributed by atoms with Gasteiger partial charge < -0.3 is 10.2 Å². The molecule has 0 atom stereocenters. The van der Waals surface area contributed by atoms with Gasteiger partial charge in [0.1, 0.15) is 0 Å². The molecule has 0 unspecified atom stereocenters. The summed E-state index contributed by atoms with van der Waals surface area (Å²) < 4.78 is 0.983. The lowest BCUT2D eigenvalue weighted by Gasteiger charge is -2.38. The average Bonchev–Trinajstić information content (AvgIpc) is 2.53. The third-order valence-corrected chi connectivity index (χ3v) is 5.63. The fraction of sp³-hybridized carbons (Fsp3) is 0.381. The van der Waals surface area contributed by atoms with Gasteiger partial charge in [0.25, 0.3) is 5.91 Å². The lowest BCUT2D eigenvalue weighted by atomic mass is 9.78. The molecule has 0 saturated heterocycles. The van der Waals surface area contributed by atoms with E-state index >= 15 is 0 Å². The van der Waals surface area contributed by atoms with E-state index < -0.39 is 0 Å². The zero-order chi connectivity index (χ0) is 18.2. The highest BCUT2D eigenvalue weighted by Crippen LogP contribution is 2.34. The van der Waals surface area contributed by atoms with Crippen molar-refractivity contribution in [3.8, 4) is 0 Å². The van der Waals surface area contributed by atoms with Gasteiger partial charge >= 0.3 is 0 Å². The van der Waals surface area contributed by atoms with E-state index in [4.69, 9.17) is 0 Å². The number of amides is 1. The van der Waals surface area contributed by atoms with Gasteiger partial charge in [0.05, 0.1) is 0 Å². The first-order chi connectivity index (χ1) is 11.8. The van der Waals surface area contributed by atoms with Gasteiger partial charge in [-0.05, 0) is 54.4 Å². The predicted molar refractivity (Wildman–Crippen MR) is 107 cm³/mol. The molecule has 3 rings (SSSR count). The van der Waals surface area contributed by atoms with E-state index in [-0.39, 0.29) is 11.3 Å². The number of likely N-dealkylation sites (N-methyl/N-ethyl adjacent to an activating group) is 1. The molecule has 25 heavy (non-hydrogen) atoms. The molecule has 1 aliphatic rings. The molecule has 0 radical (unpaired) electrons. The molecule has 1 aliphatic heterocycles. The van der Waals surface area contributed by atoms with Crippen molar-refractivity contribution in [3.05, 3.63) is 63.1 Å². The molecule has 132 valence electrons. The second kappa shape index (κ2) is 6.93. The molecule has 3 nitrogen and oxygen atoms in total. The van der Waals surface area contributed by atoms with Gasteiger partial charge in [0.2, 0.25) is 0 Å². The van der Waals surface area contributed by atoms with Crippen molar-refractivity contribution in [2.45, 2.75) is 39.2 Å². The molecule has 0 aromatic heterocycles. The van der Waals surface area contributed by atoms with Crippen molar-refractivity contribution in [2.24, 2.45) is 0 Å². The Bertz CT molecular complexity index is 814. The number of halogens is 1. The van der Waals surface area contributed by atoms with Crippen LogP contribution in [0.15, 0.2) is 40.9 Å². The number of aryl methyl sites for hydroxylation is 1. The Labute approximate surface area is 158 Å². The number of nitrogens with one attached hydrogen (secondary N) is 1. The summed E-state index contributed by atoms with van der Waals surface area (Å²) in [4.78, 5) is 14.9. The molecular formula is C21H25BrN2O. The molecule has 0 fully saturated rings. The van der Waals surface area contributed by atoms with Gasteiger partial charge in [-0.15, -0.1) is 0 Å². The topological polar surface area (TPSA) is 32.3 Å². The van der Waals surface area contributed by atoms with E-state index in [2.05, 4.69) is 66.1 Å². The third-order valence-electron chi connectivity index (χ3n) is 4.89. The maximum atomic E-state index is 12.6. The number of benzene rings is 2. The number of anilines is 1. The molecule has 2 aromatic carbocycles. The van der Waals surface area contributed by atoms with Crippen LogP contribution in [0.1, 0.15) is 47.8 Å². The minimum atomic E-state index is -0.0771. The van der Waals surface area contributed by atoms with Crippen molar-refractivity contribution in [3.63, 3.8) is 0 Å². The van der Waals surface area contributed by atoms with E-state index in [1.165, 1.54) is 16.7 Å². The summed E-state index contributed by atoms with van der Waals surface area (Å²) in [6.45, 7) is 8.60. The number of carbonyl (C=O) groups is 1. The van der Waals surface area contributed by atoms with Crippen LogP contribution in [0.4, 0.5) is 5.69 Å². The number of hydrogen-bond donors (Lipinski definition) is 1. The fourth-order valence-electron chi connectivity index (χ4n) is 3.75. The Hall–Kier alpha value is -1.65. The van der Waals surface area contributed by atoms with E-state index in [0.29, 0.717) is 5.56 Å². The maximum absolute atomic E-state index is 12.6. The molecule has 1 amide bonds. The summed E-state index contributed by atoms with van der Waals surface area (Å²) >= 11 is 3.54. The predicted octanol–water partition coefficient (Wildman–Crippen LogP) is 4.99. The van der Waals surface area contributed by atoms with Gasteiger partial charge in [-0.2, -0.15) is 0 Å². The zero-order valence-electron chi connectivity index (χ0n) is 15.3. The Morgan fingerprint density at radius 1 is 1.24 bits per heavy atom. The molecule has 0 spiro atoms. The number of carbonyl (C=O) groups excluding carboxylic acids is 1. The van der Waals surface area contributed by atoms with Crippen molar-refractivity contribution in [1.29, 1.82) is 0 Å². The summed E-state index contributed by atoms with van der Waals surface area (Å²) in [5.41, 5.74) is 5.52. The van der Waals surface area contributed by atoms with Gasteiger partial charge in [-0.1, -0.05) is 48.8 Å². The van der Waals surface area contributed by atoms with Crippen LogP contribution < -0.4 is 5.32 Å². The van der Waals surface area contributed by atoms with Gasteiger partial charge in [0, 0.05) is 34.2 Å². The smallest absolute Gasteiger partial charge is 0.255 e. The number of rotatable bonds is 3. The molecule has 1 N–H and O–H groups in total. The standard InChI is InChI=1S/C21H25BrN2O/c1-5-14-6-7-15(11-19(14)22)20(25)23-17-8-9-18-16(10-17)12-24(4)13-21(18,2)3/h6-11H,5,12-13H2,1-4H3,(H,23,25). The Kier molecular flexibility index (Phi) is 5.03. The highest BCUT2D eigenvalue weighted by atomic mass is 79.9. The third kappa shape index (κ3) is 3.80. The Morgan fingerprint density at radius 2 is 2.00 bits per heavy atom. The Morgan fingerprint density at radius 3 is 2.68 bits per heavy atom. The molecule has 1 heterocycles. The highest BCUT2D eigenvalue weighted by Gasteiger charge is 2.30. The number of fused-ring (bicyclic) bond motifs is 1. The maximum Gasteiger partial charge on any atom is 0.255 e. The second-order valence-corrected chi connectivity index (χ2v) is 8.40. The summed E-state index contributed by atoms with van der Waals surface area (Å²) in [7, 11) is 2.14. The quantitative estimate of drug-likeness (QED) is 0.786. The zero-order valence-corrected chi connectivity index (χ0v) is 16.9. The normalized spacial score (nSPS) is 16.4. The number of hydrogen-bond acceptors (Lipinski definition) is 2. The second-order valence-electron chi connectivity index (χ2n) is 7.54. The van der Waals surface area contributed by atoms with Crippen molar-refractivity contribution < 1.29 is 4.79 Å². The van der Waals surface area contributed by atoms with Gasteiger partial charge in [-0.25, -0.2) is 0 Å². The van der Waals surface area contributed by atoms with Crippen LogP contribution in [-0.4, -0.2) is 24.4 Å². The fourth-order valence-corrected chi connectivity index (χ4v) is 4.41. The Balaban J connectivity index is 1.83. The molecule has 0 saturated carbocycles. The van der Waals surface area contributed by atoms with E-state index in [0.717, 1.165) is 29.7 Å². The van der Waals surface area contributed by atoms with Crippen molar-refractivity contribution in [2.75, 3.05) is 18.9 Å². The minimum Gasteiger partial charge on any atom is -0.322 e. The van der Waals surface area contributed by atoms with Crippen LogP contribution in [-0.2, 0) is 18.4 Å². The first-order valence-corrected chi connectivity index (χ1v) is 9.51. The largest absolute Gasteiger partial charge is 0.322 e. The summed E-state index contributed by atoms with van der Waals surface area (Å²) in [5, 5.41) is 3.04. The molecule has 0 aliphatic carbocycles. The number of nitrogens with zero attached hydrogens (tertiary/aromatic N) is 1. The first-order valence-electron chi connectivity index (χ1n) is 8.72. The monoisotopic (exact) mass is 400 g/mol. The average molecular weight is 401 g/mol. The van der Waals surface area contributed by atoms with E-state index in [1.807, 2.05) is 24.3 Å². The lowest BCUT2D eigenvalue weighted by Crippen LogP contribution is -2.39. The summed E-state index contributed by atoms with van der Waals surface area (Å²) in [5.74, 6) is -0.0771. The van der Waals surface area contributed by atoms with Crippen molar-refractivity contribution >= 4 is 27.5 Å². The highest BCUT2D eigenvalue weighted by molar-refractivity contribution is 9.10. The van der Waals surface area contributed by atoms with Crippen LogP contribution in [0.3, 0.4) is 0 Å². The van der Waals surface area contributed by atoms with Gasteiger partial charge in [0.15, 0.2) is 0 Å². The van der Waals surface area contributed by atoms with E-state index in [1.54, 1.807) is 0 Å². The molecule has 2 aromatic rings. The molecule has 0 bridgehead atoms. The van der Waals surface area contributed by atoms with E-state index in [9.17, 15) is 4.79 Å². The van der Waals surface area contributed by atoms with Crippen LogP contribution in [0, 0.1) is 0 Å². The minimum absolute atomic E-state index is 0.0771. The molecule has 4 heteroatoms. The van der Waals surface area contributed by atoms with Crippen molar-refractivity contribution in [1.82, 2.24) is 4.90 Å². The van der Waals surface area contributed by atoms with Crippen LogP contribution in [0.25, 0.3) is 0 Å². The van der Waals surface area contributed by atoms with Crippen LogP contribution in [0.5, 0.6) is 0 Å². The SMILES string of the molecule is CCc1ccc(C(=O)Nc2ccc3c(c2)CN(C)CC3(C)C)cc1Br. The first kappa shape index (κ1) is 18.2. The van der Waals surface area contributed by atoms with Gasteiger partial charge in [-0.3, -0.25) is 4.79 Å². The molecular weight excluding hydrogens is 376 g/mol. The van der Waals surface area contributed by atoms with Crippen LogP contribution >= 0.6 is 15.9 Å². The lowest BCUT2D eigenvalue weighted by molar-refractivity contribution is 0.102. The van der Waals surface area contributed by atoms with Crippen LogP contribution in [0.2, 0.25) is 0 Å². The summed E-state index contributed by atoms with van der Waals surface area (Å²) in [6, 6.07) is 12.1. The summed E-state index contributed by atoms with van der Waals surface area (Å²) in [6.07, 6.45) is 0.941.